The molecule has 2 aromatic heterocycles. The lowest BCUT2D eigenvalue weighted by atomic mass is 10.1. The van der Waals surface area contributed by atoms with E-state index in [4.69, 9.17) is 0 Å². The van der Waals surface area contributed by atoms with Crippen LogP contribution in [0.3, 0.4) is 0 Å². The van der Waals surface area contributed by atoms with Crippen molar-refractivity contribution in [1.82, 2.24) is 9.97 Å². The van der Waals surface area contributed by atoms with Crippen LogP contribution in [-0.2, 0) is 6.18 Å². The number of nitrogens with zero attached hydrogens (tertiary/aromatic N) is 1. The summed E-state index contributed by atoms with van der Waals surface area (Å²) in [6, 6.07) is 7.52. The summed E-state index contributed by atoms with van der Waals surface area (Å²) in [5.74, 6) is -0.603. The van der Waals surface area contributed by atoms with Gasteiger partial charge in [0, 0.05) is 28.7 Å². The fourth-order valence-electron chi connectivity index (χ4n) is 2.16. The third-order valence-corrected chi connectivity index (χ3v) is 3.18. The monoisotopic (exact) mass is 306 g/mol. The number of pyridine rings is 1. The lowest BCUT2D eigenvalue weighted by Crippen LogP contribution is -2.12. The van der Waals surface area contributed by atoms with Crippen molar-refractivity contribution in [1.29, 1.82) is 0 Å². The maximum absolute atomic E-state index is 12.7. The van der Waals surface area contributed by atoms with Gasteiger partial charge in [-0.1, -0.05) is 6.07 Å². The summed E-state index contributed by atoms with van der Waals surface area (Å²) in [6.07, 6.45) is -3.23. The van der Waals surface area contributed by atoms with Crippen LogP contribution in [0.1, 0.15) is 21.7 Å². The van der Waals surface area contributed by atoms with Crippen molar-refractivity contribution in [3.63, 3.8) is 0 Å². The normalized spacial score (nSPS) is 11.8. The number of fused-ring (bicyclic) bond motifs is 1. The number of benzene rings is 1. The Hall–Kier alpha value is -2.83. The quantitative estimate of drug-likeness (QED) is 0.712. The second-order valence-corrected chi connectivity index (χ2v) is 4.67. The number of nitrogens with one attached hydrogen (secondary N) is 1. The molecule has 0 saturated heterocycles. The number of carbonyl (C=O) groups excluding carboxylic acids is 1. The summed E-state index contributed by atoms with van der Waals surface area (Å²) < 4.78 is 38.0. The van der Waals surface area contributed by atoms with Crippen molar-refractivity contribution in [3.8, 4) is 5.75 Å². The summed E-state index contributed by atoms with van der Waals surface area (Å²) in [7, 11) is 0. The van der Waals surface area contributed by atoms with Gasteiger partial charge in [0.05, 0.1) is 0 Å². The highest BCUT2D eigenvalue weighted by Crippen LogP contribution is 2.28. The second-order valence-electron chi connectivity index (χ2n) is 4.67. The Kier molecular flexibility index (Phi) is 3.13. The van der Waals surface area contributed by atoms with Gasteiger partial charge in [0.25, 0.3) is 0 Å². The molecule has 2 heterocycles. The number of H-pyrrole nitrogens is 1. The first kappa shape index (κ1) is 14.1. The molecule has 0 saturated carbocycles. The molecule has 4 nitrogen and oxygen atoms in total. The molecule has 22 heavy (non-hydrogen) atoms. The van der Waals surface area contributed by atoms with E-state index >= 15 is 0 Å². The number of alkyl halides is 3. The summed E-state index contributed by atoms with van der Waals surface area (Å²) >= 11 is 0. The van der Waals surface area contributed by atoms with Crippen molar-refractivity contribution in [2.75, 3.05) is 0 Å². The standard InChI is InChI=1S/C15H9F3N2O2/c16-15(17,18)13-3-1-2-11(20-13)14(22)10-7-19-12-6-8(21)4-5-9(10)12/h1-7,19,21H. The Morgan fingerprint density at radius 2 is 1.95 bits per heavy atom. The lowest BCUT2D eigenvalue weighted by Gasteiger charge is -2.06. The number of hydrogen-bond donors (Lipinski definition) is 2. The predicted octanol–water partition coefficient (Wildman–Crippen LogP) is 3.52. The topological polar surface area (TPSA) is 66.0 Å². The molecule has 3 aromatic rings. The number of aromatic nitrogens is 2. The smallest absolute Gasteiger partial charge is 0.433 e. The number of phenols is 1. The van der Waals surface area contributed by atoms with Crippen LogP contribution in [0.15, 0.2) is 42.6 Å². The Balaban J connectivity index is 2.06. The number of halogens is 3. The minimum atomic E-state index is -4.61. The molecule has 0 unspecified atom stereocenters. The van der Waals surface area contributed by atoms with Crippen LogP contribution < -0.4 is 0 Å². The van der Waals surface area contributed by atoms with Gasteiger partial charge in [-0.05, 0) is 24.3 Å². The number of rotatable bonds is 2. The van der Waals surface area contributed by atoms with Crippen molar-refractivity contribution < 1.29 is 23.1 Å². The van der Waals surface area contributed by atoms with E-state index in [2.05, 4.69) is 9.97 Å². The molecular weight excluding hydrogens is 297 g/mol. The molecule has 7 heteroatoms. The predicted molar refractivity (Wildman–Crippen MR) is 72.6 cm³/mol. The third-order valence-electron chi connectivity index (χ3n) is 3.18. The molecule has 1 aromatic carbocycles. The summed E-state index contributed by atoms with van der Waals surface area (Å²) in [6.45, 7) is 0. The Morgan fingerprint density at radius 3 is 2.68 bits per heavy atom. The van der Waals surface area contributed by atoms with Gasteiger partial charge in [-0.15, -0.1) is 0 Å². The van der Waals surface area contributed by atoms with Crippen LogP contribution in [-0.4, -0.2) is 20.9 Å². The molecule has 0 fully saturated rings. The van der Waals surface area contributed by atoms with E-state index in [0.717, 1.165) is 12.1 Å². The van der Waals surface area contributed by atoms with E-state index in [1.54, 1.807) is 0 Å². The van der Waals surface area contributed by atoms with Crippen molar-refractivity contribution >= 4 is 16.7 Å². The van der Waals surface area contributed by atoms with Crippen molar-refractivity contribution in [2.45, 2.75) is 6.18 Å². The number of hydrogen-bond acceptors (Lipinski definition) is 3. The van der Waals surface area contributed by atoms with Gasteiger partial charge in [-0.3, -0.25) is 4.79 Å². The van der Waals surface area contributed by atoms with Crippen LogP contribution in [0, 0.1) is 0 Å². The summed E-state index contributed by atoms with van der Waals surface area (Å²) in [4.78, 5) is 18.6. The van der Waals surface area contributed by atoms with Crippen LogP contribution in [0.25, 0.3) is 10.9 Å². The van der Waals surface area contributed by atoms with E-state index in [1.807, 2.05) is 0 Å². The minimum Gasteiger partial charge on any atom is -0.508 e. The Bertz CT molecular complexity index is 869. The molecule has 112 valence electrons. The van der Waals surface area contributed by atoms with Crippen LogP contribution in [0.2, 0.25) is 0 Å². The maximum Gasteiger partial charge on any atom is 0.433 e. The van der Waals surface area contributed by atoms with E-state index < -0.39 is 17.7 Å². The van der Waals surface area contributed by atoms with Gasteiger partial charge >= 0.3 is 6.18 Å². The number of aromatic amines is 1. The number of phenolic OH excluding ortho intramolecular Hbond substituents is 1. The van der Waals surface area contributed by atoms with Gasteiger partial charge in [-0.25, -0.2) is 4.98 Å². The zero-order valence-corrected chi connectivity index (χ0v) is 11.0. The lowest BCUT2D eigenvalue weighted by molar-refractivity contribution is -0.141. The molecule has 0 bridgehead atoms. The maximum atomic E-state index is 12.7. The number of aromatic hydroxyl groups is 1. The first-order chi connectivity index (χ1) is 10.4. The Morgan fingerprint density at radius 1 is 1.18 bits per heavy atom. The average molecular weight is 306 g/mol. The SMILES string of the molecule is O=C(c1cccc(C(F)(F)F)n1)c1c[nH]c2cc(O)ccc12. The molecule has 0 aliphatic heterocycles. The highest BCUT2D eigenvalue weighted by molar-refractivity contribution is 6.15. The zero-order chi connectivity index (χ0) is 15.9. The van der Waals surface area contributed by atoms with E-state index in [9.17, 15) is 23.1 Å². The van der Waals surface area contributed by atoms with Gasteiger partial charge in [-0.2, -0.15) is 13.2 Å². The number of carbonyl (C=O) groups is 1. The fourth-order valence-corrected chi connectivity index (χ4v) is 2.16. The largest absolute Gasteiger partial charge is 0.508 e. The number of ketones is 1. The van der Waals surface area contributed by atoms with Gasteiger partial charge in [0.1, 0.15) is 17.1 Å². The molecule has 0 aliphatic rings. The molecule has 3 rings (SSSR count). The molecule has 0 spiro atoms. The average Bonchev–Trinajstić information content (AvgIpc) is 2.88. The van der Waals surface area contributed by atoms with Gasteiger partial charge in [0.2, 0.25) is 5.78 Å². The summed E-state index contributed by atoms with van der Waals surface area (Å²) in [5, 5.41) is 9.88. The Labute approximate surface area is 122 Å². The first-order valence-electron chi connectivity index (χ1n) is 6.25. The van der Waals surface area contributed by atoms with Crippen LogP contribution >= 0.6 is 0 Å². The van der Waals surface area contributed by atoms with Gasteiger partial charge in [0.15, 0.2) is 0 Å². The zero-order valence-electron chi connectivity index (χ0n) is 11.0. The molecule has 0 atom stereocenters. The van der Waals surface area contributed by atoms with Crippen LogP contribution in [0.5, 0.6) is 5.75 Å². The highest BCUT2D eigenvalue weighted by atomic mass is 19.4. The molecular formula is C15H9F3N2O2. The van der Waals surface area contributed by atoms with Crippen molar-refractivity contribution in [2.24, 2.45) is 0 Å². The van der Waals surface area contributed by atoms with E-state index in [1.165, 1.54) is 30.5 Å². The van der Waals surface area contributed by atoms with E-state index in [-0.39, 0.29) is 17.0 Å². The molecule has 0 amide bonds. The van der Waals surface area contributed by atoms with Gasteiger partial charge < -0.3 is 10.1 Å². The molecule has 2 N–H and O–H groups in total. The van der Waals surface area contributed by atoms with Crippen LogP contribution in [0.4, 0.5) is 13.2 Å². The molecule has 0 radical (unpaired) electrons. The first-order valence-corrected chi connectivity index (χ1v) is 6.25. The summed E-state index contributed by atoms with van der Waals surface area (Å²) in [5.41, 5.74) is -0.697. The van der Waals surface area contributed by atoms with Crippen molar-refractivity contribution in [3.05, 3.63) is 59.5 Å². The molecule has 0 aliphatic carbocycles. The third kappa shape index (κ3) is 2.41. The fraction of sp³-hybridized carbons (Fsp3) is 0.0667. The van der Waals surface area contributed by atoms with E-state index in [0.29, 0.717) is 10.9 Å². The highest BCUT2D eigenvalue weighted by Gasteiger charge is 2.33. The minimum absolute atomic E-state index is 0.0190. The second kappa shape index (κ2) is 4.87.